The Balaban J connectivity index is 1.62. The van der Waals surface area contributed by atoms with Gasteiger partial charge in [-0.25, -0.2) is 0 Å². The number of fused-ring (bicyclic) bond motifs is 1. The van der Waals surface area contributed by atoms with Crippen molar-refractivity contribution in [2.24, 2.45) is 5.73 Å². The SMILES string of the molecule is Cc1cccc(C)c1OCCN[C@@H](C)Cc1cc(C(N)=O)c2c(ccn2CCCO)c1. The highest BCUT2D eigenvalue weighted by Gasteiger charge is 2.14. The normalized spacial score (nSPS) is 12.3. The first kappa shape index (κ1) is 22.8. The molecule has 0 aliphatic rings. The lowest BCUT2D eigenvalue weighted by Crippen LogP contribution is -2.32. The molecular weight excluding hydrogens is 390 g/mol. The highest BCUT2D eigenvalue weighted by atomic mass is 16.5. The Kier molecular flexibility index (Phi) is 7.71. The largest absolute Gasteiger partial charge is 0.492 e. The number of benzene rings is 2. The van der Waals surface area contributed by atoms with Crippen molar-refractivity contribution in [1.82, 2.24) is 9.88 Å². The van der Waals surface area contributed by atoms with Gasteiger partial charge < -0.3 is 25.5 Å². The number of aryl methyl sites for hydroxylation is 3. The van der Waals surface area contributed by atoms with Crippen LogP contribution in [0.4, 0.5) is 0 Å². The zero-order chi connectivity index (χ0) is 22.4. The van der Waals surface area contributed by atoms with Crippen molar-refractivity contribution in [1.29, 1.82) is 0 Å². The summed E-state index contributed by atoms with van der Waals surface area (Å²) in [5.74, 6) is 0.526. The third-order valence-corrected chi connectivity index (χ3v) is 5.53. The van der Waals surface area contributed by atoms with Gasteiger partial charge in [-0.05, 0) is 68.5 Å². The number of nitrogens with zero attached hydrogens (tertiary/aromatic N) is 1. The lowest BCUT2D eigenvalue weighted by molar-refractivity contribution is 0.100. The molecule has 1 amide bonds. The van der Waals surface area contributed by atoms with E-state index in [9.17, 15) is 4.79 Å². The molecule has 4 N–H and O–H groups in total. The second-order valence-electron chi connectivity index (χ2n) is 8.16. The third kappa shape index (κ3) is 5.66. The van der Waals surface area contributed by atoms with E-state index >= 15 is 0 Å². The number of nitrogens with two attached hydrogens (primary N) is 1. The van der Waals surface area contributed by atoms with E-state index in [1.165, 1.54) is 0 Å². The average molecular weight is 424 g/mol. The molecule has 2 aromatic carbocycles. The number of aliphatic hydroxyl groups excluding tert-OH is 1. The van der Waals surface area contributed by atoms with Gasteiger partial charge in [-0.3, -0.25) is 4.79 Å². The third-order valence-electron chi connectivity index (χ3n) is 5.53. The smallest absolute Gasteiger partial charge is 0.250 e. The van der Waals surface area contributed by atoms with Crippen molar-refractivity contribution in [3.8, 4) is 5.75 Å². The number of hydrogen-bond donors (Lipinski definition) is 3. The molecule has 0 radical (unpaired) electrons. The van der Waals surface area contributed by atoms with Gasteiger partial charge in [-0.2, -0.15) is 0 Å². The van der Waals surface area contributed by atoms with Crippen LogP contribution in [0.25, 0.3) is 10.9 Å². The number of carbonyl (C=O) groups is 1. The molecule has 0 bridgehead atoms. The number of ether oxygens (including phenoxy) is 1. The number of aliphatic hydroxyl groups is 1. The maximum absolute atomic E-state index is 12.1. The zero-order valence-corrected chi connectivity index (χ0v) is 18.6. The number of primary amides is 1. The molecule has 166 valence electrons. The summed E-state index contributed by atoms with van der Waals surface area (Å²) in [6, 6.07) is 12.4. The van der Waals surface area contributed by atoms with Gasteiger partial charge in [0.2, 0.25) is 0 Å². The van der Waals surface area contributed by atoms with Crippen LogP contribution < -0.4 is 15.8 Å². The Bertz CT molecular complexity index is 1020. The molecule has 0 aliphatic heterocycles. The quantitative estimate of drug-likeness (QED) is 0.413. The maximum Gasteiger partial charge on any atom is 0.250 e. The van der Waals surface area contributed by atoms with Crippen molar-refractivity contribution in [2.75, 3.05) is 19.8 Å². The van der Waals surface area contributed by atoms with E-state index in [1.807, 2.05) is 29.0 Å². The summed E-state index contributed by atoms with van der Waals surface area (Å²) in [7, 11) is 0. The molecule has 0 saturated carbocycles. The minimum atomic E-state index is -0.432. The maximum atomic E-state index is 12.1. The number of hydrogen-bond acceptors (Lipinski definition) is 4. The fourth-order valence-corrected chi connectivity index (χ4v) is 4.06. The fraction of sp³-hybridized carbons (Fsp3) is 0.400. The lowest BCUT2D eigenvalue weighted by Gasteiger charge is -2.17. The van der Waals surface area contributed by atoms with Gasteiger partial charge >= 0.3 is 0 Å². The summed E-state index contributed by atoms with van der Waals surface area (Å²) in [5, 5.41) is 13.6. The predicted octanol–water partition coefficient (Wildman–Crippen LogP) is 3.34. The van der Waals surface area contributed by atoms with E-state index in [1.54, 1.807) is 0 Å². The van der Waals surface area contributed by atoms with Gasteiger partial charge in [0.25, 0.3) is 5.91 Å². The number of aromatic nitrogens is 1. The van der Waals surface area contributed by atoms with E-state index in [2.05, 4.69) is 44.3 Å². The van der Waals surface area contributed by atoms with Crippen LogP contribution in [0.15, 0.2) is 42.6 Å². The highest BCUT2D eigenvalue weighted by molar-refractivity contribution is 6.05. The summed E-state index contributed by atoms with van der Waals surface area (Å²) < 4.78 is 7.96. The first-order valence-electron chi connectivity index (χ1n) is 10.9. The second-order valence-corrected chi connectivity index (χ2v) is 8.16. The Morgan fingerprint density at radius 1 is 1.23 bits per heavy atom. The molecule has 3 aromatic rings. The van der Waals surface area contributed by atoms with E-state index in [0.717, 1.165) is 46.3 Å². The number of amides is 1. The summed E-state index contributed by atoms with van der Waals surface area (Å²) in [4.78, 5) is 12.1. The Labute approximate surface area is 184 Å². The monoisotopic (exact) mass is 423 g/mol. The standard InChI is InChI=1S/C25H33N3O3/c1-17-6-4-7-18(2)24(17)31-13-9-27-19(3)14-20-15-21-8-11-28(10-5-12-29)23(21)22(16-20)25(26)30/h4,6-8,11,15-16,19,27,29H,5,9-10,12-14H2,1-3H3,(H2,26,30)/t19-/m0/s1. The van der Waals surface area contributed by atoms with Gasteiger partial charge in [0.15, 0.2) is 0 Å². The molecule has 6 heteroatoms. The first-order valence-corrected chi connectivity index (χ1v) is 10.9. The predicted molar refractivity (Wildman–Crippen MR) is 125 cm³/mol. The second kappa shape index (κ2) is 10.5. The molecular formula is C25H33N3O3. The molecule has 0 saturated heterocycles. The topological polar surface area (TPSA) is 89.5 Å². The molecule has 0 unspecified atom stereocenters. The van der Waals surface area contributed by atoms with Gasteiger partial charge in [0.05, 0.1) is 11.1 Å². The Hall–Kier alpha value is -2.83. The minimum absolute atomic E-state index is 0.111. The van der Waals surface area contributed by atoms with Crippen LogP contribution in [0, 0.1) is 13.8 Å². The minimum Gasteiger partial charge on any atom is -0.492 e. The van der Waals surface area contributed by atoms with Gasteiger partial charge in [-0.15, -0.1) is 0 Å². The summed E-state index contributed by atoms with van der Waals surface area (Å²) >= 11 is 0. The van der Waals surface area contributed by atoms with Gasteiger partial charge in [-0.1, -0.05) is 18.2 Å². The average Bonchev–Trinajstić information content (AvgIpc) is 3.13. The fourth-order valence-electron chi connectivity index (χ4n) is 4.06. The summed E-state index contributed by atoms with van der Waals surface area (Å²) in [6.07, 6.45) is 3.36. The van der Waals surface area contributed by atoms with Crippen LogP contribution in [0.3, 0.4) is 0 Å². The van der Waals surface area contributed by atoms with Crippen LogP contribution in [0.2, 0.25) is 0 Å². The number of nitrogens with one attached hydrogen (secondary N) is 1. The van der Waals surface area contributed by atoms with Crippen LogP contribution in [0.1, 0.15) is 40.4 Å². The molecule has 1 heterocycles. The molecule has 3 rings (SSSR count). The van der Waals surface area contributed by atoms with Gasteiger partial charge in [0.1, 0.15) is 12.4 Å². The van der Waals surface area contributed by atoms with Crippen molar-refractivity contribution >= 4 is 16.8 Å². The molecule has 0 fully saturated rings. The van der Waals surface area contributed by atoms with E-state index in [4.69, 9.17) is 15.6 Å². The molecule has 0 aliphatic carbocycles. The molecule has 6 nitrogen and oxygen atoms in total. The summed E-state index contributed by atoms with van der Waals surface area (Å²) in [5.41, 5.74) is 10.4. The van der Waals surface area contributed by atoms with E-state index in [0.29, 0.717) is 25.1 Å². The van der Waals surface area contributed by atoms with Crippen LogP contribution >= 0.6 is 0 Å². The van der Waals surface area contributed by atoms with Gasteiger partial charge in [0, 0.05) is 37.3 Å². The Morgan fingerprint density at radius 2 is 1.97 bits per heavy atom. The number of carbonyl (C=O) groups excluding carboxylic acids is 1. The Morgan fingerprint density at radius 3 is 2.65 bits per heavy atom. The van der Waals surface area contributed by atoms with E-state index < -0.39 is 5.91 Å². The number of para-hydroxylation sites is 1. The zero-order valence-electron chi connectivity index (χ0n) is 18.6. The highest BCUT2D eigenvalue weighted by Crippen LogP contribution is 2.24. The lowest BCUT2D eigenvalue weighted by atomic mass is 10.0. The van der Waals surface area contributed by atoms with Crippen molar-refractivity contribution in [3.05, 3.63) is 64.8 Å². The molecule has 31 heavy (non-hydrogen) atoms. The van der Waals surface area contributed by atoms with Crippen LogP contribution in [0.5, 0.6) is 5.75 Å². The van der Waals surface area contributed by atoms with Crippen LogP contribution in [-0.4, -0.2) is 41.4 Å². The molecule has 1 aromatic heterocycles. The van der Waals surface area contributed by atoms with E-state index in [-0.39, 0.29) is 12.6 Å². The van der Waals surface area contributed by atoms with Crippen molar-refractivity contribution < 1.29 is 14.6 Å². The molecule has 0 spiro atoms. The molecule has 1 atom stereocenters. The van der Waals surface area contributed by atoms with Crippen molar-refractivity contribution in [2.45, 2.75) is 46.2 Å². The van der Waals surface area contributed by atoms with Crippen molar-refractivity contribution in [3.63, 3.8) is 0 Å². The number of rotatable bonds is 11. The van der Waals surface area contributed by atoms with Crippen LogP contribution in [-0.2, 0) is 13.0 Å². The first-order chi connectivity index (χ1) is 14.9. The summed E-state index contributed by atoms with van der Waals surface area (Å²) in [6.45, 7) is 8.33.